The molecule has 0 amide bonds. The van der Waals surface area contributed by atoms with Crippen molar-refractivity contribution in [2.45, 2.75) is 16.7 Å². The lowest BCUT2D eigenvalue weighted by Gasteiger charge is -2.00. The Morgan fingerprint density at radius 1 is 1.23 bits per heavy atom. The van der Waals surface area contributed by atoms with Crippen LogP contribution < -0.4 is 5.73 Å². The van der Waals surface area contributed by atoms with Crippen molar-refractivity contribution >= 4 is 41.3 Å². The molecular formula is C9H10Cl3N. The minimum atomic E-state index is -0.532. The van der Waals surface area contributed by atoms with E-state index in [1.165, 1.54) is 5.56 Å². The number of hydrogen-bond acceptors (Lipinski definition) is 1. The maximum Gasteiger partial charge on any atom is 0.125 e. The van der Waals surface area contributed by atoms with Gasteiger partial charge in [0.15, 0.2) is 0 Å². The summed E-state index contributed by atoms with van der Waals surface area (Å²) >= 11 is 11.8. The van der Waals surface area contributed by atoms with Crippen molar-refractivity contribution in [2.24, 2.45) is 0 Å². The van der Waals surface area contributed by atoms with Gasteiger partial charge in [0.05, 0.1) is 0 Å². The van der Waals surface area contributed by atoms with Gasteiger partial charge in [-0.3, -0.25) is 0 Å². The number of anilines is 1. The predicted octanol–water partition coefficient (Wildman–Crippen LogP) is 3.35. The summed E-state index contributed by atoms with van der Waals surface area (Å²) in [5.41, 5.74) is 7.50. The molecule has 1 unspecified atom stereocenters. The molecule has 0 saturated heterocycles. The number of nitrogen functional groups attached to an aromatic ring is 1. The lowest BCUT2D eigenvalue weighted by molar-refractivity contribution is 1.11. The van der Waals surface area contributed by atoms with Crippen LogP contribution >= 0.6 is 35.6 Å². The van der Waals surface area contributed by atoms with Gasteiger partial charge in [-0.25, -0.2) is 0 Å². The number of halogens is 3. The van der Waals surface area contributed by atoms with E-state index in [0.717, 1.165) is 12.1 Å². The molecule has 0 bridgehead atoms. The van der Waals surface area contributed by atoms with E-state index in [-0.39, 0.29) is 12.4 Å². The van der Waals surface area contributed by atoms with Crippen LogP contribution in [0.25, 0.3) is 0 Å². The van der Waals surface area contributed by atoms with Crippen LogP contribution in [0, 0.1) is 0 Å². The van der Waals surface area contributed by atoms with Crippen molar-refractivity contribution in [1.82, 2.24) is 0 Å². The van der Waals surface area contributed by atoms with E-state index < -0.39 is 4.33 Å². The Balaban J connectivity index is 0.000000845. The molecule has 0 radical (unpaired) electrons. The van der Waals surface area contributed by atoms with Gasteiger partial charge in [0.25, 0.3) is 0 Å². The van der Waals surface area contributed by atoms with Crippen molar-refractivity contribution in [3.05, 3.63) is 29.8 Å². The monoisotopic (exact) mass is 237 g/mol. The first-order valence-corrected chi connectivity index (χ1v) is 4.58. The Kier molecular flexibility index (Phi) is 3.01. The third-order valence-corrected chi connectivity index (χ3v) is 3.00. The van der Waals surface area contributed by atoms with Crippen LogP contribution in [0.15, 0.2) is 24.3 Å². The standard InChI is InChI=1S/C9H9Cl2N.ClH/c10-9(11)5-8(9)6-1-3-7(12)4-2-6;/h1-4,8H,5,12H2;1H. The molecule has 4 heteroatoms. The van der Waals surface area contributed by atoms with Gasteiger partial charge in [-0.15, -0.1) is 35.6 Å². The first-order valence-electron chi connectivity index (χ1n) is 3.83. The third kappa shape index (κ3) is 2.22. The van der Waals surface area contributed by atoms with Gasteiger partial charge in [0, 0.05) is 11.6 Å². The molecular weight excluding hydrogens is 228 g/mol. The second kappa shape index (κ2) is 3.56. The fraction of sp³-hybridized carbons (Fsp3) is 0.333. The van der Waals surface area contributed by atoms with Crippen molar-refractivity contribution < 1.29 is 0 Å². The lowest BCUT2D eigenvalue weighted by atomic mass is 10.1. The molecule has 2 rings (SSSR count). The van der Waals surface area contributed by atoms with Gasteiger partial charge >= 0.3 is 0 Å². The van der Waals surface area contributed by atoms with Crippen molar-refractivity contribution in [3.63, 3.8) is 0 Å². The molecule has 1 aliphatic rings. The van der Waals surface area contributed by atoms with Crippen LogP contribution in [0.1, 0.15) is 17.9 Å². The van der Waals surface area contributed by atoms with E-state index >= 15 is 0 Å². The zero-order valence-corrected chi connectivity index (χ0v) is 9.16. The number of rotatable bonds is 1. The number of nitrogens with two attached hydrogens (primary N) is 1. The largest absolute Gasteiger partial charge is 0.399 e. The highest BCUT2D eigenvalue weighted by molar-refractivity contribution is 6.51. The SMILES string of the molecule is Cl.Nc1ccc(C2CC2(Cl)Cl)cc1. The molecule has 1 aromatic rings. The summed E-state index contributed by atoms with van der Waals surface area (Å²) in [6, 6.07) is 7.70. The van der Waals surface area contributed by atoms with E-state index in [2.05, 4.69) is 0 Å². The Morgan fingerprint density at radius 3 is 2.08 bits per heavy atom. The average Bonchev–Trinajstić information content (AvgIpc) is 2.61. The first-order chi connectivity index (χ1) is 5.59. The van der Waals surface area contributed by atoms with Crippen LogP contribution in [0.3, 0.4) is 0 Å². The van der Waals surface area contributed by atoms with Crippen molar-refractivity contribution in [1.29, 1.82) is 0 Å². The summed E-state index contributed by atoms with van der Waals surface area (Å²) < 4.78 is -0.532. The molecule has 1 nitrogen and oxygen atoms in total. The van der Waals surface area contributed by atoms with E-state index in [1.807, 2.05) is 24.3 Å². The van der Waals surface area contributed by atoms with Gasteiger partial charge in [0.1, 0.15) is 4.33 Å². The van der Waals surface area contributed by atoms with Crippen molar-refractivity contribution in [3.8, 4) is 0 Å². The van der Waals surface area contributed by atoms with Gasteiger partial charge in [-0.2, -0.15) is 0 Å². The van der Waals surface area contributed by atoms with E-state index in [1.54, 1.807) is 0 Å². The van der Waals surface area contributed by atoms with Crippen LogP contribution in [0.5, 0.6) is 0 Å². The normalized spacial score (nSPS) is 23.4. The van der Waals surface area contributed by atoms with Crippen LogP contribution in [0.2, 0.25) is 0 Å². The second-order valence-electron chi connectivity index (χ2n) is 3.18. The maximum atomic E-state index is 5.92. The fourth-order valence-corrected chi connectivity index (χ4v) is 1.86. The molecule has 0 aromatic heterocycles. The molecule has 2 N–H and O–H groups in total. The van der Waals surface area contributed by atoms with E-state index in [0.29, 0.717) is 5.92 Å². The second-order valence-corrected chi connectivity index (χ2v) is 4.73. The average molecular weight is 239 g/mol. The summed E-state index contributed by atoms with van der Waals surface area (Å²) in [6.07, 6.45) is 0.847. The van der Waals surface area contributed by atoms with Crippen LogP contribution in [-0.4, -0.2) is 4.33 Å². The summed E-state index contributed by atoms with van der Waals surface area (Å²) in [5, 5.41) is 0. The Labute approximate surface area is 93.6 Å². The Bertz CT molecular complexity index is 294. The maximum absolute atomic E-state index is 5.92. The lowest BCUT2D eigenvalue weighted by Crippen LogP contribution is -1.90. The fourth-order valence-electron chi connectivity index (χ4n) is 1.30. The van der Waals surface area contributed by atoms with Crippen molar-refractivity contribution in [2.75, 3.05) is 5.73 Å². The molecule has 72 valence electrons. The minimum absolute atomic E-state index is 0. The van der Waals surface area contributed by atoms with E-state index in [4.69, 9.17) is 28.9 Å². The minimum Gasteiger partial charge on any atom is -0.399 e. The molecule has 0 aliphatic heterocycles. The highest BCUT2D eigenvalue weighted by Gasteiger charge is 2.52. The highest BCUT2D eigenvalue weighted by atomic mass is 35.5. The summed E-state index contributed by atoms with van der Waals surface area (Å²) in [7, 11) is 0. The van der Waals surface area contributed by atoms with Gasteiger partial charge in [-0.1, -0.05) is 12.1 Å². The summed E-state index contributed by atoms with van der Waals surface area (Å²) in [4.78, 5) is 0. The highest BCUT2D eigenvalue weighted by Crippen LogP contribution is 2.59. The van der Waals surface area contributed by atoms with E-state index in [9.17, 15) is 0 Å². The van der Waals surface area contributed by atoms with Gasteiger partial charge in [-0.05, 0) is 24.1 Å². The predicted molar refractivity (Wildman–Crippen MR) is 59.9 cm³/mol. The third-order valence-electron chi connectivity index (χ3n) is 2.16. The summed E-state index contributed by atoms with van der Waals surface area (Å²) in [5.74, 6) is 0.293. The molecule has 1 saturated carbocycles. The Morgan fingerprint density at radius 2 is 1.69 bits per heavy atom. The molecule has 1 fully saturated rings. The summed E-state index contributed by atoms with van der Waals surface area (Å²) in [6.45, 7) is 0. The number of hydrogen-bond donors (Lipinski definition) is 1. The van der Waals surface area contributed by atoms with Crippen LogP contribution in [-0.2, 0) is 0 Å². The smallest absolute Gasteiger partial charge is 0.125 e. The molecule has 13 heavy (non-hydrogen) atoms. The molecule has 1 aromatic carbocycles. The molecule has 0 spiro atoms. The van der Waals surface area contributed by atoms with Crippen LogP contribution in [0.4, 0.5) is 5.69 Å². The van der Waals surface area contributed by atoms with Gasteiger partial charge < -0.3 is 5.73 Å². The first kappa shape index (κ1) is 11.0. The quantitative estimate of drug-likeness (QED) is 0.589. The Hall–Kier alpha value is -0.110. The number of alkyl halides is 2. The zero-order chi connectivity index (χ0) is 8.77. The zero-order valence-electron chi connectivity index (χ0n) is 6.84. The molecule has 1 atom stereocenters. The molecule has 0 heterocycles. The topological polar surface area (TPSA) is 26.0 Å². The molecule has 1 aliphatic carbocycles. The number of benzene rings is 1. The van der Waals surface area contributed by atoms with Gasteiger partial charge in [0.2, 0.25) is 0 Å².